The highest BCUT2D eigenvalue weighted by molar-refractivity contribution is 5.87. The first kappa shape index (κ1) is 12.5. The molecule has 0 rings (SSSR count). The molecule has 0 spiro atoms. The maximum atomic E-state index is 10.4. The Morgan fingerprint density at radius 3 is 1.92 bits per heavy atom. The lowest BCUT2D eigenvalue weighted by molar-refractivity contribution is -0.143. The largest absolute Gasteiger partial charge is 0.394 e. The SMILES string of the molecule is [CH2]C(=O)[C@H](O)[C@@H](O)[C@H](O)[C@H](O)CO. The number of hydrogen-bond donors (Lipinski definition) is 5. The van der Waals surface area contributed by atoms with E-state index in [2.05, 4.69) is 6.92 Å². The summed E-state index contributed by atoms with van der Waals surface area (Å²) in [4.78, 5) is 10.4. The minimum Gasteiger partial charge on any atom is -0.394 e. The fraction of sp³-hybridized carbons (Fsp3) is 0.714. The van der Waals surface area contributed by atoms with Crippen LogP contribution in [0.3, 0.4) is 0 Å². The van der Waals surface area contributed by atoms with Gasteiger partial charge in [-0.25, -0.2) is 0 Å². The van der Waals surface area contributed by atoms with Gasteiger partial charge in [0, 0.05) is 6.92 Å². The molecule has 0 bridgehead atoms. The molecule has 0 heterocycles. The van der Waals surface area contributed by atoms with Crippen LogP contribution in [0.2, 0.25) is 0 Å². The van der Waals surface area contributed by atoms with Gasteiger partial charge in [-0.1, -0.05) is 0 Å². The molecule has 6 heteroatoms. The van der Waals surface area contributed by atoms with Gasteiger partial charge in [-0.15, -0.1) is 0 Å². The molecule has 1 radical (unpaired) electrons. The van der Waals surface area contributed by atoms with Gasteiger partial charge in [-0.05, 0) is 0 Å². The Bertz CT molecular complexity index is 170. The summed E-state index contributed by atoms with van der Waals surface area (Å²) in [6.07, 6.45) is -7.11. The van der Waals surface area contributed by atoms with E-state index in [0.29, 0.717) is 0 Å². The minimum atomic E-state index is -1.86. The summed E-state index contributed by atoms with van der Waals surface area (Å²) in [6.45, 7) is 2.04. The zero-order valence-corrected chi connectivity index (χ0v) is 6.87. The summed E-state index contributed by atoms with van der Waals surface area (Å²) >= 11 is 0. The van der Waals surface area contributed by atoms with Gasteiger partial charge in [0.05, 0.1) is 6.61 Å². The summed E-state index contributed by atoms with van der Waals surface area (Å²) in [5.74, 6) is -0.975. The van der Waals surface area contributed by atoms with Gasteiger partial charge in [0.1, 0.15) is 24.4 Å². The van der Waals surface area contributed by atoms with Crippen LogP contribution in [0.4, 0.5) is 0 Å². The number of hydrogen-bond acceptors (Lipinski definition) is 6. The molecule has 13 heavy (non-hydrogen) atoms. The van der Waals surface area contributed by atoms with E-state index < -0.39 is 36.8 Å². The lowest BCUT2D eigenvalue weighted by Gasteiger charge is -2.23. The Labute approximate surface area is 75.1 Å². The first-order chi connectivity index (χ1) is 5.91. The van der Waals surface area contributed by atoms with Gasteiger partial charge < -0.3 is 25.5 Å². The van der Waals surface area contributed by atoms with Crippen molar-refractivity contribution in [3.05, 3.63) is 6.92 Å². The van der Waals surface area contributed by atoms with Crippen molar-refractivity contribution in [1.82, 2.24) is 0 Å². The molecule has 0 unspecified atom stereocenters. The standard InChI is InChI=1S/C7H13O6/c1-3(9)5(11)7(13)6(12)4(10)2-8/h4-8,10-13H,1-2H2/t4-,5+,6-,7-/m1/s1. The molecule has 4 atom stereocenters. The summed E-state index contributed by atoms with van der Waals surface area (Å²) in [6, 6.07) is 0. The third kappa shape index (κ3) is 3.37. The van der Waals surface area contributed by atoms with Crippen molar-refractivity contribution in [1.29, 1.82) is 0 Å². The Balaban J connectivity index is 4.24. The molecule has 0 saturated carbocycles. The molecule has 0 amide bonds. The van der Waals surface area contributed by atoms with E-state index in [9.17, 15) is 4.79 Å². The number of ketones is 1. The zero-order chi connectivity index (χ0) is 10.6. The van der Waals surface area contributed by atoms with Crippen LogP contribution in [-0.4, -0.2) is 62.3 Å². The fourth-order valence-electron chi connectivity index (χ4n) is 0.713. The van der Waals surface area contributed by atoms with E-state index in [1.807, 2.05) is 0 Å². The second-order valence-electron chi connectivity index (χ2n) is 2.64. The van der Waals surface area contributed by atoms with E-state index in [4.69, 9.17) is 25.5 Å². The number of aliphatic hydroxyl groups excluding tert-OH is 5. The van der Waals surface area contributed by atoms with Crippen LogP contribution in [0.1, 0.15) is 0 Å². The molecular formula is C7H13O6. The second-order valence-corrected chi connectivity index (χ2v) is 2.64. The number of aliphatic hydroxyl groups is 5. The van der Waals surface area contributed by atoms with Gasteiger partial charge in [-0.3, -0.25) is 4.79 Å². The van der Waals surface area contributed by atoms with Crippen LogP contribution in [-0.2, 0) is 4.79 Å². The van der Waals surface area contributed by atoms with E-state index in [0.717, 1.165) is 0 Å². The van der Waals surface area contributed by atoms with Gasteiger partial charge in [0.15, 0.2) is 5.78 Å². The normalized spacial score (nSPS) is 20.5. The average molecular weight is 193 g/mol. The van der Waals surface area contributed by atoms with E-state index >= 15 is 0 Å². The van der Waals surface area contributed by atoms with Crippen LogP contribution in [0, 0.1) is 6.92 Å². The van der Waals surface area contributed by atoms with Crippen LogP contribution < -0.4 is 0 Å². The third-order valence-electron chi connectivity index (χ3n) is 1.58. The molecule has 0 aliphatic heterocycles. The van der Waals surface area contributed by atoms with E-state index in [1.165, 1.54) is 0 Å². The number of Topliss-reactive ketones (excluding diaryl/α,β-unsaturated/α-hetero) is 1. The average Bonchev–Trinajstić information content (AvgIpc) is 2.12. The molecular weight excluding hydrogens is 180 g/mol. The predicted molar refractivity (Wildman–Crippen MR) is 41.5 cm³/mol. The van der Waals surface area contributed by atoms with Crippen LogP contribution in [0.15, 0.2) is 0 Å². The van der Waals surface area contributed by atoms with Crippen molar-refractivity contribution in [2.24, 2.45) is 0 Å². The topological polar surface area (TPSA) is 118 Å². The van der Waals surface area contributed by atoms with Crippen molar-refractivity contribution in [2.75, 3.05) is 6.61 Å². The number of carbonyl (C=O) groups excluding carboxylic acids is 1. The summed E-state index contributed by atoms with van der Waals surface area (Å²) in [5.41, 5.74) is 0. The highest BCUT2D eigenvalue weighted by Gasteiger charge is 2.32. The van der Waals surface area contributed by atoms with Gasteiger partial charge in [0.25, 0.3) is 0 Å². The van der Waals surface area contributed by atoms with E-state index in [-0.39, 0.29) is 0 Å². The van der Waals surface area contributed by atoms with Crippen molar-refractivity contribution in [3.8, 4) is 0 Å². The molecule has 0 aromatic carbocycles. The summed E-state index contributed by atoms with van der Waals surface area (Å²) in [7, 11) is 0. The lowest BCUT2D eigenvalue weighted by atomic mass is 10.0. The number of rotatable bonds is 5. The lowest BCUT2D eigenvalue weighted by Crippen LogP contribution is -2.48. The first-order valence-electron chi connectivity index (χ1n) is 3.60. The van der Waals surface area contributed by atoms with Crippen molar-refractivity contribution in [2.45, 2.75) is 24.4 Å². The molecule has 0 saturated heterocycles. The van der Waals surface area contributed by atoms with Crippen LogP contribution >= 0.6 is 0 Å². The molecule has 0 aromatic rings. The Morgan fingerprint density at radius 2 is 1.62 bits per heavy atom. The first-order valence-corrected chi connectivity index (χ1v) is 3.60. The van der Waals surface area contributed by atoms with Crippen molar-refractivity contribution in [3.63, 3.8) is 0 Å². The van der Waals surface area contributed by atoms with Crippen LogP contribution in [0.25, 0.3) is 0 Å². The molecule has 5 N–H and O–H groups in total. The van der Waals surface area contributed by atoms with Gasteiger partial charge >= 0.3 is 0 Å². The van der Waals surface area contributed by atoms with Crippen molar-refractivity contribution < 1.29 is 30.3 Å². The second kappa shape index (κ2) is 5.25. The molecule has 0 fully saturated rings. The summed E-state index contributed by atoms with van der Waals surface area (Å²) in [5, 5.41) is 44.1. The minimum absolute atomic E-state index is 0.781. The maximum Gasteiger partial charge on any atom is 0.164 e. The van der Waals surface area contributed by atoms with Gasteiger partial charge in [-0.2, -0.15) is 0 Å². The fourth-order valence-corrected chi connectivity index (χ4v) is 0.713. The maximum absolute atomic E-state index is 10.4. The molecule has 77 valence electrons. The Hall–Kier alpha value is -0.530. The van der Waals surface area contributed by atoms with Crippen molar-refractivity contribution >= 4 is 5.78 Å². The van der Waals surface area contributed by atoms with Crippen LogP contribution in [0.5, 0.6) is 0 Å². The molecule has 0 aliphatic carbocycles. The number of carbonyl (C=O) groups is 1. The highest BCUT2D eigenvalue weighted by Crippen LogP contribution is 2.05. The quantitative estimate of drug-likeness (QED) is 0.314. The van der Waals surface area contributed by atoms with Gasteiger partial charge in [0.2, 0.25) is 0 Å². The molecule has 0 aliphatic rings. The zero-order valence-electron chi connectivity index (χ0n) is 6.87. The Morgan fingerprint density at radius 1 is 1.15 bits per heavy atom. The Kier molecular flexibility index (Phi) is 5.04. The molecule has 6 nitrogen and oxygen atoms in total. The van der Waals surface area contributed by atoms with E-state index in [1.54, 1.807) is 0 Å². The monoisotopic (exact) mass is 193 g/mol. The third-order valence-corrected chi connectivity index (χ3v) is 1.58. The summed E-state index contributed by atoms with van der Waals surface area (Å²) < 4.78 is 0. The smallest absolute Gasteiger partial charge is 0.164 e. The highest BCUT2D eigenvalue weighted by atomic mass is 16.4. The molecule has 0 aromatic heterocycles. The predicted octanol–water partition coefficient (Wildman–Crippen LogP) is -3.17.